The molecule has 0 spiro atoms. The summed E-state index contributed by atoms with van der Waals surface area (Å²) in [6.45, 7) is 1.20. The number of piperidine rings is 1. The van der Waals surface area contributed by atoms with Crippen molar-refractivity contribution in [2.45, 2.75) is 44.1 Å². The van der Waals surface area contributed by atoms with E-state index in [-0.39, 0.29) is 37.3 Å². The zero-order valence-electron chi connectivity index (χ0n) is 21.8. The number of aryl methyl sites for hydroxylation is 2. The number of hydrogen-bond acceptors (Lipinski definition) is 7. The van der Waals surface area contributed by atoms with Crippen LogP contribution in [-0.4, -0.2) is 79.8 Å². The van der Waals surface area contributed by atoms with Gasteiger partial charge in [-0.3, -0.25) is 14.3 Å². The molecule has 1 aromatic carbocycles. The number of alkyl halides is 1. The third kappa shape index (κ3) is 5.94. The summed E-state index contributed by atoms with van der Waals surface area (Å²) in [4.78, 5) is 30.3. The minimum atomic E-state index is -1.54. The number of aliphatic hydroxyl groups excluding tert-OH is 2. The van der Waals surface area contributed by atoms with Gasteiger partial charge in [0.15, 0.2) is 12.3 Å². The maximum absolute atomic E-state index is 14.8. The number of anilines is 1. The Morgan fingerprint density at radius 1 is 1.26 bits per heavy atom. The van der Waals surface area contributed by atoms with Gasteiger partial charge in [-0.15, -0.1) is 0 Å². The van der Waals surface area contributed by atoms with Crippen molar-refractivity contribution < 1.29 is 28.9 Å². The van der Waals surface area contributed by atoms with Crippen molar-refractivity contribution >= 4 is 17.6 Å². The number of likely N-dealkylation sites (tertiary alicyclic amines) is 1. The second kappa shape index (κ2) is 11.1. The lowest BCUT2D eigenvalue weighted by molar-refractivity contribution is -0.146. The number of halogens is 1. The summed E-state index contributed by atoms with van der Waals surface area (Å²) in [5, 5.41) is 25.6. The molecule has 39 heavy (non-hydrogen) atoms. The molecule has 2 aliphatic rings. The van der Waals surface area contributed by atoms with Gasteiger partial charge in [0.25, 0.3) is 5.91 Å². The standard InChI is InChI=1S/C28H32FN5O5/c1-16-9-17(3-4-24(16)39-25-6-8-34(14-22(25)29)28(38)23(36)15-35)18-5-7-30-26(10-18)32-27(37)21-11-20(21)19-12-31-33(2)13-19/h3-5,7,9-10,12-13,20-23,25,35-36H,6,8,11,14-15H2,1-2H3,(H,30,32,37)/t20-,21+,22+,23-,25-/m0/s1. The number of rotatable bonds is 8. The molecule has 2 fully saturated rings. The van der Waals surface area contributed by atoms with E-state index in [4.69, 9.17) is 9.84 Å². The third-order valence-corrected chi connectivity index (χ3v) is 7.33. The number of aromatic nitrogens is 3. The predicted molar refractivity (Wildman–Crippen MR) is 141 cm³/mol. The van der Waals surface area contributed by atoms with Gasteiger partial charge in [-0.2, -0.15) is 5.10 Å². The van der Waals surface area contributed by atoms with Crippen molar-refractivity contribution in [1.82, 2.24) is 19.7 Å². The Morgan fingerprint density at radius 2 is 2.05 bits per heavy atom. The molecule has 0 radical (unpaired) electrons. The molecule has 3 N–H and O–H groups in total. The van der Waals surface area contributed by atoms with E-state index < -0.39 is 30.9 Å². The van der Waals surface area contributed by atoms with Gasteiger partial charge in [-0.25, -0.2) is 9.37 Å². The fourth-order valence-corrected chi connectivity index (χ4v) is 5.01. The summed E-state index contributed by atoms with van der Waals surface area (Å²) in [7, 11) is 1.86. The molecule has 1 aliphatic heterocycles. The molecule has 1 aliphatic carbocycles. The highest BCUT2D eigenvalue weighted by Gasteiger charge is 2.44. The molecule has 5 rings (SSSR count). The van der Waals surface area contributed by atoms with Gasteiger partial charge < -0.3 is 25.2 Å². The van der Waals surface area contributed by atoms with Gasteiger partial charge in [0, 0.05) is 38.3 Å². The number of aliphatic hydroxyl groups is 2. The number of nitrogens with zero attached hydrogens (tertiary/aromatic N) is 4. The van der Waals surface area contributed by atoms with Crippen LogP contribution in [-0.2, 0) is 16.6 Å². The first kappa shape index (κ1) is 26.8. The predicted octanol–water partition coefficient (Wildman–Crippen LogP) is 2.20. The lowest BCUT2D eigenvalue weighted by atomic mass is 10.0. The van der Waals surface area contributed by atoms with Crippen molar-refractivity contribution in [3.05, 3.63) is 60.0 Å². The van der Waals surface area contributed by atoms with Gasteiger partial charge in [-0.1, -0.05) is 6.07 Å². The normalized spacial score (nSPS) is 23.3. The van der Waals surface area contributed by atoms with Gasteiger partial charge >= 0.3 is 0 Å². The van der Waals surface area contributed by atoms with Crippen molar-refractivity contribution in [2.24, 2.45) is 13.0 Å². The smallest absolute Gasteiger partial charge is 0.253 e. The van der Waals surface area contributed by atoms with Crippen LogP contribution >= 0.6 is 0 Å². The number of amides is 2. The summed E-state index contributed by atoms with van der Waals surface area (Å²) < 4.78 is 22.5. The Balaban J connectivity index is 1.20. The molecule has 206 valence electrons. The van der Waals surface area contributed by atoms with E-state index in [1.165, 1.54) is 4.90 Å². The molecule has 3 aromatic rings. The fraction of sp³-hybridized carbons (Fsp3) is 0.429. The molecule has 1 saturated heterocycles. The van der Waals surface area contributed by atoms with Crippen molar-refractivity contribution in [1.29, 1.82) is 0 Å². The topological polar surface area (TPSA) is 130 Å². The first-order chi connectivity index (χ1) is 18.7. The summed E-state index contributed by atoms with van der Waals surface area (Å²) in [6, 6.07) is 9.25. The molecule has 10 nitrogen and oxygen atoms in total. The van der Waals surface area contributed by atoms with E-state index in [9.17, 15) is 19.1 Å². The molecule has 0 unspecified atom stereocenters. The largest absolute Gasteiger partial charge is 0.487 e. The van der Waals surface area contributed by atoms with Crippen LogP contribution in [0.25, 0.3) is 11.1 Å². The number of carbonyl (C=O) groups is 2. The molecule has 1 saturated carbocycles. The average molecular weight is 538 g/mol. The van der Waals surface area contributed by atoms with E-state index in [1.807, 2.05) is 44.4 Å². The number of benzene rings is 1. The van der Waals surface area contributed by atoms with E-state index in [0.717, 1.165) is 28.7 Å². The van der Waals surface area contributed by atoms with Crippen molar-refractivity contribution in [2.75, 3.05) is 25.0 Å². The fourth-order valence-electron chi connectivity index (χ4n) is 5.01. The van der Waals surface area contributed by atoms with Crippen LogP contribution in [0.15, 0.2) is 48.9 Å². The summed E-state index contributed by atoms with van der Waals surface area (Å²) in [5.74, 6) is 0.355. The van der Waals surface area contributed by atoms with E-state index in [0.29, 0.717) is 11.6 Å². The van der Waals surface area contributed by atoms with Crippen molar-refractivity contribution in [3.63, 3.8) is 0 Å². The Morgan fingerprint density at radius 3 is 2.74 bits per heavy atom. The SMILES string of the molecule is Cc1cc(-c2ccnc(NC(=O)[C@@H]3C[C@H]3c3cnn(C)c3)c2)ccc1O[C@H]1CCN(C(=O)[C@@H](O)CO)C[C@H]1F. The number of ether oxygens (including phenoxy) is 1. The lowest BCUT2D eigenvalue weighted by Crippen LogP contribution is -2.52. The molecule has 5 atom stereocenters. The van der Waals surface area contributed by atoms with Gasteiger partial charge in [0.2, 0.25) is 5.91 Å². The molecule has 2 amide bonds. The van der Waals surface area contributed by atoms with Crippen LogP contribution in [0, 0.1) is 12.8 Å². The average Bonchev–Trinajstić information content (AvgIpc) is 3.62. The first-order valence-corrected chi connectivity index (χ1v) is 13.0. The summed E-state index contributed by atoms with van der Waals surface area (Å²) in [6.07, 6.45) is 2.74. The number of hydrogen-bond donors (Lipinski definition) is 3. The Kier molecular flexibility index (Phi) is 7.62. The van der Waals surface area contributed by atoms with Gasteiger partial charge in [0.05, 0.1) is 19.3 Å². The molecule has 11 heteroatoms. The van der Waals surface area contributed by atoms with E-state index in [2.05, 4.69) is 15.4 Å². The number of nitrogens with one attached hydrogen (secondary N) is 1. The second-order valence-electron chi connectivity index (χ2n) is 10.2. The highest BCUT2D eigenvalue weighted by atomic mass is 19.1. The monoisotopic (exact) mass is 537 g/mol. The third-order valence-electron chi connectivity index (χ3n) is 7.33. The van der Waals surface area contributed by atoms with Crippen molar-refractivity contribution in [3.8, 4) is 16.9 Å². The Hall–Kier alpha value is -3.83. The highest BCUT2D eigenvalue weighted by Crippen LogP contribution is 2.47. The second-order valence-corrected chi connectivity index (χ2v) is 10.2. The van der Waals surface area contributed by atoms with E-state index in [1.54, 1.807) is 23.1 Å². The van der Waals surface area contributed by atoms with Crippen LogP contribution < -0.4 is 10.1 Å². The number of carbonyl (C=O) groups excluding carboxylic acids is 2. The molecular formula is C28H32FN5O5. The van der Waals surface area contributed by atoms with E-state index >= 15 is 0 Å². The van der Waals surface area contributed by atoms with Gasteiger partial charge in [-0.05, 0) is 65.8 Å². The van der Waals surface area contributed by atoms with Crippen LogP contribution in [0.4, 0.5) is 10.2 Å². The van der Waals surface area contributed by atoms with Crippen LogP contribution in [0.3, 0.4) is 0 Å². The zero-order chi connectivity index (χ0) is 27.7. The first-order valence-electron chi connectivity index (χ1n) is 13.0. The Bertz CT molecular complexity index is 1360. The lowest BCUT2D eigenvalue weighted by Gasteiger charge is -2.35. The van der Waals surface area contributed by atoms with Gasteiger partial charge in [0.1, 0.15) is 17.7 Å². The zero-order valence-corrected chi connectivity index (χ0v) is 21.8. The van der Waals surface area contributed by atoms with Crippen LogP contribution in [0.5, 0.6) is 5.75 Å². The van der Waals surface area contributed by atoms with Crippen LogP contribution in [0.1, 0.15) is 29.9 Å². The Labute approximate surface area is 225 Å². The molecule has 2 aromatic heterocycles. The quantitative estimate of drug-likeness (QED) is 0.402. The maximum atomic E-state index is 14.8. The molecule has 3 heterocycles. The molecule has 0 bridgehead atoms. The molecular weight excluding hydrogens is 505 g/mol. The van der Waals surface area contributed by atoms with Crippen LogP contribution in [0.2, 0.25) is 0 Å². The minimum Gasteiger partial charge on any atom is -0.487 e. The number of pyridine rings is 1. The summed E-state index contributed by atoms with van der Waals surface area (Å²) >= 11 is 0. The maximum Gasteiger partial charge on any atom is 0.253 e. The highest BCUT2D eigenvalue weighted by molar-refractivity contribution is 5.95. The minimum absolute atomic E-state index is 0.0622. The summed E-state index contributed by atoms with van der Waals surface area (Å²) in [5.41, 5.74) is 3.64.